The number of ether oxygens (including phenoxy) is 2. The summed E-state index contributed by atoms with van der Waals surface area (Å²) in [4.78, 5) is 12.8. The summed E-state index contributed by atoms with van der Waals surface area (Å²) in [5.41, 5.74) is 0. The van der Waals surface area contributed by atoms with Crippen molar-refractivity contribution < 1.29 is 39.8 Å². The van der Waals surface area contributed by atoms with Gasteiger partial charge in [-0.15, -0.1) is 0 Å². The first-order valence-electron chi connectivity index (χ1n) is 18.5. The summed E-state index contributed by atoms with van der Waals surface area (Å²) in [7, 11) is 0. The normalized spacial score (nSPS) is 23.4. The van der Waals surface area contributed by atoms with E-state index in [1.807, 2.05) is 6.08 Å². The Kier molecular flexibility index (Phi) is 27.9. The Morgan fingerprint density at radius 2 is 1.16 bits per heavy atom. The molecule has 1 heterocycles. The third-order valence-corrected chi connectivity index (χ3v) is 7.88. The van der Waals surface area contributed by atoms with Crippen LogP contribution in [0.4, 0.5) is 0 Å². The Balaban J connectivity index is 2.54. The predicted molar refractivity (Wildman–Crippen MR) is 202 cm³/mol. The van der Waals surface area contributed by atoms with E-state index in [-0.39, 0.29) is 18.9 Å². The molecule has 50 heavy (non-hydrogen) atoms. The van der Waals surface area contributed by atoms with E-state index < -0.39 is 49.5 Å². The lowest BCUT2D eigenvalue weighted by atomic mass is 9.99. The predicted octanol–water partition coefficient (Wildman–Crippen LogP) is 6.21. The Bertz CT molecular complexity index is 1090. The maximum atomic E-state index is 12.8. The average Bonchev–Trinajstić information content (AvgIpc) is 3.11. The highest BCUT2D eigenvalue weighted by atomic mass is 16.7. The van der Waals surface area contributed by atoms with Gasteiger partial charge in [0.25, 0.3) is 0 Å². The van der Waals surface area contributed by atoms with Crippen molar-refractivity contribution >= 4 is 5.91 Å². The van der Waals surface area contributed by atoms with Gasteiger partial charge in [0, 0.05) is 6.42 Å². The van der Waals surface area contributed by atoms with E-state index in [0.29, 0.717) is 12.8 Å². The minimum atomic E-state index is -1.59. The van der Waals surface area contributed by atoms with Gasteiger partial charge in [-0.3, -0.25) is 4.79 Å². The molecule has 0 aromatic rings. The molecule has 7 unspecified atom stereocenters. The molecule has 1 saturated heterocycles. The number of aliphatic hydroxyl groups excluding tert-OH is 5. The summed E-state index contributed by atoms with van der Waals surface area (Å²) in [6, 6.07) is -0.860. The van der Waals surface area contributed by atoms with Crippen LogP contribution in [-0.2, 0) is 14.3 Å². The van der Waals surface area contributed by atoms with Gasteiger partial charge >= 0.3 is 0 Å². The van der Waals surface area contributed by atoms with E-state index in [9.17, 15) is 30.3 Å². The van der Waals surface area contributed by atoms with Gasteiger partial charge in [-0.1, -0.05) is 111 Å². The lowest BCUT2D eigenvalue weighted by Gasteiger charge is -2.40. The number of amides is 1. The average molecular weight is 700 g/mol. The van der Waals surface area contributed by atoms with E-state index >= 15 is 0 Å². The number of nitrogens with one attached hydrogen (secondary N) is 1. The molecule has 1 aliphatic rings. The second-order valence-electron chi connectivity index (χ2n) is 12.2. The minimum absolute atomic E-state index is 0.236. The Morgan fingerprint density at radius 3 is 1.72 bits per heavy atom. The summed E-state index contributed by atoms with van der Waals surface area (Å²) in [5.74, 6) is -0.257. The number of allylic oxidation sites excluding steroid dienone is 15. The summed E-state index contributed by atoms with van der Waals surface area (Å²) in [6.07, 6.45) is 36.1. The molecule has 0 saturated carbocycles. The van der Waals surface area contributed by atoms with Crippen molar-refractivity contribution in [1.29, 1.82) is 0 Å². The molecule has 0 spiro atoms. The third kappa shape index (κ3) is 22.0. The maximum Gasteiger partial charge on any atom is 0.220 e. The van der Waals surface area contributed by atoms with Gasteiger partial charge in [-0.2, -0.15) is 0 Å². The fraction of sp³-hybridized carbons (Fsp3) is 0.585. The highest BCUT2D eigenvalue weighted by molar-refractivity contribution is 5.76. The molecule has 1 fully saturated rings. The maximum absolute atomic E-state index is 12.8. The molecule has 282 valence electrons. The van der Waals surface area contributed by atoms with Gasteiger partial charge in [0.2, 0.25) is 5.91 Å². The molecule has 0 aliphatic carbocycles. The minimum Gasteiger partial charge on any atom is -0.394 e. The van der Waals surface area contributed by atoms with Crippen LogP contribution in [0.25, 0.3) is 0 Å². The molecule has 9 nitrogen and oxygen atoms in total. The van der Waals surface area contributed by atoms with E-state index in [2.05, 4.69) is 104 Å². The number of hydrogen-bond acceptors (Lipinski definition) is 8. The first kappa shape index (κ1) is 45.1. The highest BCUT2D eigenvalue weighted by Crippen LogP contribution is 2.22. The molecular weight excluding hydrogens is 634 g/mol. The van der Waals surface area contributed by atoms with E-state index in [0.717, 1.165) is 64.2 Å². The van der Waals surface area contributed by atoms with Crippen molar-refractivity contribution in [2.45, 2.75) is 140 Å². The molecule has 7 atom stereocenters. The second kappa shape index (κ2) is 30.9. The van der Waals surface area contributed by atoms with Crippen LogP contribution < -0.4 is 5.32 Å². The van der Waals surface area contributed by atoms with Crippen molar-refractivity contribution in [3.8, 4) is 0 Å². The van der Waals surface area contributed by atoms with Gasteiger partial charge in [0.05, 0.1) is 25.4 Å². The lowest BCUT2D eigenvalue weighted by Crippen LogP contribution is -2.60. The summed E-state index contributed by atoms with van der Waals surface area (Å²) >= 11 is 0. The zero-order chi connectivity index (χ0) is 36.7. The molecule has 9 heteroatoms. The standard InChI is InChI=1S/C41H65NO8/c1-3-5-7-9-11-13-15-16-17-18-19-20-21-23-25-27-29-31-37(45)42-34(33-49-41-40(48)39(47)38(46)36(32-43)50-41)35(44)30-28-26-24-22-14-12-10-8-6-4-2/h5-8,11,13-14,16-17,19-20,22-23,25,28,30,34-36,38-41,43-44,46-48H,3-4,9-10,12,15,18,21,24,26-27,29,31-33H2,1-2H3,(H,42,45)/b7-5-,8-6+,13-11-,17-16-,20-19-,22-14+,25-23-,30-28+. The van der Waals surface area contributed by atoms with Crippen LogP contribution in [0.2, 0.25) is 0 Å². The molecular formula is C41H65NO8. The lowest BCUT2D eigenvalue weighted by molar-refractivity contribution is -0.302. The molecule has 1 rings (SSSR count). The Labute approximate surface area is 301 Å². The first-order valence-corrected chi connectivity index (χ1v) is 18.5. The van der Waals surface area contributed by atoms with Crippen LogP contribution in [0.15, 0.2) is 97.2 Å². The van der Waals surface area contributed by atoms with Gasteiger partial charge in [0.1, 0.15) is 24.4 Å². The topological polar surface area (TPSA) is 149 Å². The first-order chi connectivity index (χ1) is 24.3. The number of aliphatic hydroxyl groups is 5. The number of rotatable bonds is 27. The zero-order valence-electron chi connectivity index (χ0n) is 30.3. The summed E-state index contributed by atoms with van der Waals surface area (Å²) < 4.78 is 11.1. The van der Waals surface area contributed by atoms with Crippen LogP contribution in [0.5, 0.6) is 0 Å². The molecule has 1 aliphatic heterocycles. The van der Waals surface area contributed by atoms with E-state index in [1.165, 1.54) is 0 Å². The molecule has 0 radical (unpaired) electrons. The van der Waals surface area contributed by atoms with E-state index in [4.69, 9.17) is 9.47 Å². The molecule has 0 aromatic carbocycles. The van der Waals surface area contributed by atoms with Crippen molar-refractivity contribution in [1.82, 2.24) is 5.32 Å². The highest BCUT2D eigenvalue weighted by Gasteiger charge is 2.44. The molecule has 0 bridgehead atoms. The van der Waals surface area contributed by atoms with Crippen molar-refractivity contribution in [3.63, 3.8) is 0 Å². The summed E-state index contributed by atoms with van der Waals surface area (Å²) in [6.45, 7) is 3.42. The number of carbonyl (C=O) groups is 1. The Morgan fingerprint density at radius 1 is 0.680 bits per heavy atom. The van der Waals surface area contributed by atoms with Crippen LogP contribution >= 0.6 is 0 Å². The fourth-order valence-electron chi connectivity index (χ4n) is 4.93. The third-order valence-electron chi connectivity index (χ3n) is 7.88. The van der Waals surface area contributed by atoms with Crippen LogP contribution in [-0.4, -0.2) is 87.5 Å². The Hall–Kier alpha value is -2.89. The smallest absolute Gasteiger partial charge is 0.220 e. The fourth-order valence-corrected chi connectivity index (χ4v) is 4.93. The van der Waals surface area contributed by atoms with Gasteiger partial charge in [-0.25, -0.2) is 0 Å². The van der Waals surface area contributed by atoms with Crippen LogP contribution in [0.1, 0.15) is 97.3 Å². The van der Waals surface area contributed by atoms with E-state index in [1.54, 1.807) is 6.08 Å². The van der Waals surface area contributed by atoms with Crippen LogP contribution in [0, 0.1) is 0 Å². The van der Waals surface area contributed by atoms with Crippen molar-refractivity contribution in [2.75, 3.05) is 13.2 Å². The quantitative estimate of drug-likeness (QED) is 0.0438. The molecule has 6 N–H and O–H groups in total. The summed E-state index contributed by atoms with van der Waals surface area (Å²) in [5, 5.41) is 53.7. The van der Waals surface area contributed by atoms with Gasteiger partial charge in [-0.05, 0) is 77.0 Å². The molecule has 0 aromatic heterocycles. The largest absolute Gasteiger partial charge is 0.394 e. The van der Waals surface area contributed by atoms with Crippen molar-refractivity contribution in [3.05, 3.63) is 97.2 Å². The molecule has 1 amide bonds. The van der Waals surface area contributed by atoms with Gasteiger partial charge < -0.3 is 40.3 Å². The van der Waals surface area contributed by atoms with Crippen LogP contribution in [0.3, 0.4) is 0 Å². The SMILES string of the molecule is CC/C=C\C/C=C\C/C=C\C/C=C\C/C=C\CCCC(=O)NC(COC1OC(CO)C(O)C(O)C1O)C(O)/C=C/CC/C=C/CC/C=C/CC. The zero-order valence-corrected chi connectivity index (χ0v) is 30.3. The second-order valence-corrected chi connectivity index (χ2v) is 12.2. The number of carbonyl (C=O) groups excluding carboxylic acids is 1. The number of unbranched alkanes of at least 4 members (excludes halogenated alkanes) is 3. The van der Waals surface area contributed by atoms with Gasteiger partial charge in [0.15, 0.2) is 6.29 Å². The van der Waals surface area contributed by atoms with Crippen molar-refractivity contribution in [2.24, 2.45) is 0 Å². The number of hydrogen-bond donors (Lipinski definition) is 6. The monoisotopic (exact) mass is 699 g/mol.